The summed E-state index contributed by atoms with van der Waals surface area (Å²) in [5.74, 6) is 3.00. The number of hydrogen-bond donors (Lipinski definition) is 1. The molecule has 1 aliphatic heterocycles. The predicted octanol–water partition coefficient (Wildman–Crippen LogP) is 2.73. The van der Waals surface area contributed by atoms with Crippen LogP contribution in [0, 0.1) is 5.92 Å². The van der Waals surface area contributed by atoms with E-state index >= 15 is 0 Å². The van der Waals surface area contributed by atoms with Gasteiger partial charge in [-0.25, -0.2) is 0 Å². The van der Waals surface area contributed by atoms with Crippen molar-refractivity contribution in [3.05, 3.63) is 47.5 Å². The van der Waals surface area contributed by atoms with Crippen molar-refractivity contribution in [1.82, 2.24) is 14.8 Å². The van der Waals surface area contributed by atoms with Gasteiger partial charge >= 0.3 is 0 Å². The second-order valence-electron chi connectivity index (χ2n) is 6.16. The van der Waals surface area contributed by atoms with Crippen molar-refractivity contribution < 1.29 is 0 Å². The number of aromatic nitrogens is 3. The van der Waals surface area contributed by atoms with E-state index in [-0.39, 0.29) is 6.04 Å². The first-order chi connectivity index (χ1) is 10.2. The Balaban J connectivity index is 2.04. The molecular weight excluding hydrogens is 260 g/mol. The lowest BCUT2D eigenvalue weighted by Gasteiger charge is -2.27. The lowest BCUT2D eigenvalue weighted by molar-refractivity contribution is 0.411. The van der Waals surface area contributed by atoms with Crippen LogP contribution in [-0.4, -0.2) is 20.8 Å². The Morgan fingerprint density at radius 1 is 1.29 bits per heavy atom. The maximum atomic E-state index is 6.15. The van der Waals surface area contributed by atoms with Crippen LogP contribution in [-0.2, 0) is 13.0 Å². The predicted molar refractivity (Wildman–Crippen MR) is 84.1 cm³/mol. The second-order valence-corrected chi connectivity index (χ2v) is 6.16. The highest BCUT2D eigenvalue weighted by molar-refractivity contribution is 5.27. The van der Waals surface area contributed by atoms with Crippen LogP contribution >= 0.6 is 0 Å². The molecule has 3 unspecified atom stereocenters. The van der Waals surface area contributed by atoms with E-state index in [1.807, 2.05) is 0 Å². The summed E-state index contributed by atoms with van der Waals surface area (Å²) in [6.07, 6.45) is 3.07. The molecule has 0 radical (unpaired) electrons. The van der Waals surface area contributed by atoms with E-state index in [0.717, 1.165) is 37.5 Å². The van der Waals surface area contributed by atoms with Crippen LogP contribution in [0.4, 0.5) is 0 Å². The van der Waals surface area contributed by atoms with E-state index in [0.29, 0.717) is 11.8 Å². The molecule has 1 aliphatic rings. The number of hydrogen-bond acceptors (Lipinski definition) is 3. The Kier molecular flexibility index (Phi) is 4.06. The number of nitrogens with two attached hydrogens (primary N) is 1. The normalized spacial score (nSPS) is 20.8. The molecule has 3 atom stereocenters. The number of aryl methyl sites for hydroxylation is 1. The topological polar surface area (TPSA) is 56.7 Å². The SMILES string of the molecule is CCC(C)C(c1ccccc1)c1nnc2n1CC(N)CC2. The van der Waals surface area contributed by atoms with Gasteiger partial charge in [0.1, 0.15) is 11.6 Å². The van der Waals surface area contributed by atoms with Crippen molar-refractivity contribution in [3.8, 4) is 0 Å². The van der Waals surface area contributed by atoms with Gasteiger partial charge in [0.15, 0.2) is 0 Å². The van der Waals surface area contributed by atoms with E-state index in [1.54, 1.807) is 0 Å². The average Bonchev–Trinajstić information content (AvgIpc) is 2.91. The third-order valence-electron chi connectivity index (χ3n) is 4.66. The zero-order valence-electron chi connectivity index (χ0n) is 12.9. The zero-order valence-corrected chi connectivity index (χ0v) is 12.9. The van der Waals surface area contributed by atoms with Crippen LogP contribution < -0.4 is 5.73 Å². The average molecular weight is 284 g/mol. The van der Waals surface area contributed by atoms with Crippen LogP contribution in [0.15, 0.2) is 30.3 Å². The van der Waals surface area contributed by atoms with Crippen LogP contribution in [0.25, 0.3) is 0 Å². The van der Waals surface area contributed by atoms with Crippen LogP contribution in [0.3, 0.4) is 0 Å². The van der Waals surface area contributed by atoms with Gasteiger partial charge in [0.2, 0.25) is 0 Å². The van der Waals surface area contributed by atoms with Crippen LogP contribution in [0.5, 0.6) is 0 Å². The molecule has 0 saturated carbocycles. The summed E-state index contributed by atoms with van der Waals surface area (Å²) in [5, 5.41) is 8.95. The molecule has 0 saturated heterocycles. The second kappa shape index (κ2) is 5.98. The first kappa shape index (κ1) is 14.3. The fraction of sp³-hybridized carbons (Fsp3) is 0.529. The molecule has 0 fully saturated rings. The summed E-state index contributed by atoms with van der Waals surface area (Å²) >= 11 is 0. The summed E-state index contributed by atoms with van der Waals surface area (Å²) in [4.78, 5) is 0. The third kappa shape index (κ3) is 2.72. The van der Waals surface area contributed by atoms with Gasteiger partial charge in [-0.15, -0.1) is 10.2 Å². The molecule has 112 valence electrons. The Morgan fingerprint density at radius 2 is 2.05 bits per heavy atom. The summed E-state index contributed by atoms with van der Waals surface area (Å²) in [6, 6.07) is 10.9. The molecule has 2 aromatic rings. The standard InChI is InChI=1S/C17H24N4/c1-3-12(2)16(13-7-5-4-6-8-13)17-20-19-15-10-9-14(18)11-21(15)17/h4-8,12,14,16H,3,9-11,18H2,1-2H3. The van der Waals surface area contributed by atoms with E-state index in [9.17, 15) is 0 Å². The molecule has 2 heterocycles. The highest BCUT2D eigenvalue weighted by Gasteiger charge is 2.29. The fourth-order valence-electron chi connectivity index (χ4n) is 3.23. The Morgan fingerprint density at radius 3 is 2.76 bits per heavy atom. The monoisotopic (exact) mass is 284 g/mol. The molecule has 0 amide bonds. The number of nitrogens with zero attached hydrogens (tertiary/aromatic N) is 3. The maximum absolute atomic E-state index is 6.15. The lowest BCUT2D eigenvalue weighted by Crippen LogP contribution is -2.33. The highest BCUT2D eigenvalue weighted by Crippen LogP contribution is 2.33. The molecule has 3 rings (SSSR count). The summed E-state index contributed by atoms with van der Waals surface area (Å²) < 4.78 is 2.26. The van der Waals surface area contributed by atoms with E-state index < -0.39 is 0 Å². The van der Waals surface area contributed by atoms with Crippen molar-refractivity contribution in [2.24, 2.45) is 11.7 Å². The van der Waals surface area contributed by atoms with Gasteiger partial charge in [-0.2, -0.15) is 0 Å². The molecule has 0 aliphatic carbocycles. The smallest absolute Gasteiger partial charge is 0.140 e. The van der Waals surface area contributed by atoms with Crippen molar-refractivity contribution >= 4 is 0 Å². The van der Waals surface area contributed by atoms with Gasteiger partial charge in [0, 0.05) is 24.9 Å². The van der Waals surface area contributed by atoms with Gasteiger partial charge < -0.3 is 10.3 Å². The van der Waals surface area contributed by atoms with Crippen molar-refractivity contribution in [3.63, 3.8) is 0 Å². The number of fused-ring (bicyclic) bond motifs is 1. The Labute approximate surface area is 126 Å². The van der Waals surface area contributed by atoms with E-state index in [1.165, 1.54) is 5.56 Å². The molecule has 2 N–H and O–H groups in total. The summed E-state index contributed by atoms with van der Waals surface area (Å²) in [7, 11) is 0. The van der Waals surface area contributed by atoms with Gasteiger partial charge in [0.05, 0.1) is 0 Å². The molecule has 0 spiro atoms. The molecule has 1 aromatic carbocycles. The van der Waals surface area contributed by atoms with E-state index in [4.69, 9.17) is 5.73 Å². The minimum atomic E-state index is 0.223. The largest absolute Gasteiger partial charge is 0.326 e. The van der Waals surface area contributed by atoms with Crippen LogP contribution in [0.1, 0.15) is 49.8 Å². The minimum Gasteiger partial charge on any atom is -0.326 e. The lowest BCUT2D eigenvalue weighted by atomic mass is 9.84. The maximum Gasteiger partial charge on any atom is 0.140 e. The quantitative estimate of drug-likeness (QED) is 0.939. The van der Waals surface area contributed by atoms with Gasteiger partial charge in [-0.1, -0.05) is 50.6 Å². The molecule has 4 nitrogen and oxygen atoms in total. The first-order valence-corrected chi connectivity index (χ1v) is 7.93. The number of benzene rings is 1. The van der Waals surface area contributed by atoms with Gasteiger partial charge in [-0.3, -0.25) is 0 Å². The van der Waals surface area contributed by atoms with E-state index in [2.05, 4.69) is 58.9 Å². The van der Waals surface area contributed by atoms with Crippen molar-refractivity contribution in [2.45, 2.75) is 51.6 Å². The summed E-state index contributed by atoms with van der Waals surface area (Å²) in [5.41, 5.74) is 7.47. The summed E-state index contributed by atoms with van der Waals surface area (Å²) in [6.45, 7) is 5.37. The third-order valence-corrected chi connectivity index (χ3v) is 4.66. The Bertz CT molecular complexity index is 590. The molecule has 4 heteroatoms. The van der Waals surface area contributed by atoms with Crippen molar-refractivity contribution in [2.75, 3.05) is 0 Å². The van der Waals surface area contributed by atoms with Gasteiger partial charge in [-0.05, 0) is 17.9 Å². The van der Waals surface area contributed by atoms with Crippen molar-refractivity contribution in [1.29, 1.82) is 0 Å². The molecule has 21 heavy (non-hydrogen) atoms. The molecule has 0 bridgehead atoms. The van der Waals surface area contributed by atoms with Crippen LogP contribution in [0.2, 0.25) is 0 Å². The Hall–Kier alpha value is -1.68. The number of rotatable bonds is 4. The minimum absolute atomic E-state index is 0.223. The molecule has 1 aromatic heterocycles. The highest BCUT2D eigenvalue weighted by atomic mass is 15.3. The van der Waals surface area contributed by atoms with Gasteiger partial charge in [0.25, 0.3) is 0 Å². The fourth-order valence-corrected chi connectivity index (χ4v) is 3.23. The first-order valence-electron chi connectivity index (χ1n) is 7.93. The zero-order chi connectivity index (χ0) is 14.8. The molecular formula is C17H24N4.